The van der Waals surface area contributed by atoms with Crippen molar-refractivity contribution in [3.05, 3.63) is 52.3 Å². The molecule has 2 rings (SSSR count). The van der Waals surface area contributed by atoms with E-state index >= 15 is 0 Å². The molecule has 0 saturated heterocycles. The second-order valence-corrected chi connectivity index (χ2v) is 5.24. The Labute approximate surface area is 116 Å². The summed E-state index contributed by atoms with van der Waals surface area (Å²) in [6.45, 7) is 3.04. The van der Waals surface area contributed by atoms with Gasteiger partial charge in [-0.15, -0.1) is 0 Å². The van der Waals surface area contributed by atoms with Gasteiger partial charge >= 0.3 is 0 Å². The summed E-state index contributed by atoms with van der Waals surface area (Å²) in [4.78, 5) is 0. The van der Waals surface area contributed by atoms with Gasteiger partial charge in [0.25, 0.3) is 0 Å². The second kappa shape index (κ2) is 6.16. The van der Waals surface area contributed by atoms with Crippen molar-refractivity contribution in [2.75, 3.05) is 0 Å². The minimum absolute atomic E-state index is 0.362. The average Bonchev–Trinajstić information content (AvgIpc) is 2.78. The minimum Gasteiger partial charge on any atom is -0.306 e. The highest BCUT2D eigenvalue weighted by Crippen LogP contribution is 2.25. The monoisotopic (exact) mass is 307 g/mol. The SMILES string of the molecule is CC[C@H](NCc1cnn(C)c1)c1ccccc1Br. The number of aryl methyl sites for hydroxylation is 1. The van der Waals surface area contributed by atoms with Gasteiger partial charge in [0.05, 0.1) is 6.20 Å². The van der Waals surface area contributed by atoms with Gasteiger partial charge in [-0.2, -0.15) is 5.10 Å². The van der Waals surface area contributed by atoms with Gasteiger partial charge in [-0.05, 0) is 18.1 Å². The third kappa shape index (κ3) is 3.21. The molecule has 2 aromatic rings. The zero-order chi connectivity index (χ0) is 13.0. The topological polar surface area (TPSA) is 29.9 Å². The van der Waals surface area contributed by atoms with Gasteiger partial charge in [0, 0.05) is 35.9 Å². The first-order valence-corrected chi connectivity index (χ1v) is 6.95. The Bertz CT molecular complexity index is 507. The zero-order valence-electron chi connectivity index (χ0n) is 10.7. The summed E-state index contributed by atoms with van der Waals surface area (Å²) in [5.41, 5.74) is 2.52. The molecule has 1 aromatic carbocycles. The van der Waals surface area contributed by atoms with E-state index in [4.69, 9.17) is 0 Å². The van der Waals surface area contributed by atoms with Crippen LogP contribution in [-0.4, -0.2) is 9.78 Å². The molecule has 1 heterocycles. The van der Waals surface area contributed by atoms with E-state index < -0.39 is 0 Å². The molecule has 1 aromatic heterocycles. The van der Waals surface area contributed by atoms with Crippen LogP contribution in [0.3, 0.4) is 0 Å². The maximum absolute atomic E-state index is 4.18. The first-order chi connectivity index (χ1) is 8.70. The Morgan fingerprint density at radius 1 is 1.39 bits per heavy atom. The fourth-order valence-electron chi connectivity index (χ4n) is 2.04. The molecule has 0 aliphatic heterocycles. The Hall–Kier alpha value is -1.13. The van der Waals surface area contributed by atoms with Crippen molar-refractivity contribution in [1.29, 1.82) is 0 Å². The molecule has 0 unspecified atom stereocenters. The van der Waals surface area contributed by atoms with Gasteiger partial charge in [-0.25, -0.2) is 0 Å². The summed E-state index contributed by atoms with van der Waals surface area (Å²) >= 11 is 3.61. The smallest absolute Gasteiger partial charge is 0.0534 e. The first-order valence-electron chi connectivity index (χ1n) is 6.16. The van der Waals surface area contributed by atoms with E-state index in [0.29, 0.717) is 6.04 Å². The van der Waals surface area contributed by atoms with Crippen LogP contribution in [0.15, 0.2) is 41.1 Å². The van der Waals surface area contributed by atoms with E-state index in [9.17, 15) is 0 Å². The quantitative estimate of drug-likeness (QED) is 0.917. The Morgan fingerprint density at radius 3 is 2.78 bits per heavy atom. The maximum Gasteiger partial charge on any atom is 0.0534 e. The van der Waals surface area contributed by atoms with Crippen LogP contribution >= 0.6 is 15.9 Å². The number of aromatic nitrogens is 2. The van der Waals surface area contributed by atoms with Crippen molar-refractivity contribution >= 4 is 15.9 Å². The normalized spacial score (nSPS) is 12.6. The van der Waals surface area contributed by atoms with Gasteiger partial charge < -0.3 is 5.32 Å². The first kappa shape index (κ1) is 13.3. The van der Waals surface area contributed by atoms with Crippen LogP contribution in [-0.2, 0) is 13.6 Å². The van der Waals surface area contributed by atoms with E-state index in [-0.39, 0.29) is 0 Å². The number of hydrogen-bond acceptors (Lipinski definition) is 2. The van der Waals surface area contributed by atoms with Crippen LogP contribution in [0.2, 0.25) is 0 Å². The van der Waals surface area contributed by atoms with Gasteiger partial charge in [-0.1, -0.05) is 41.1 Å². The third-order valence-corrected chi connectivity index (χ3v) is 3.72. The Balaban J connectivity index is 2.04. The predicted molar refractivity (Wildman–Crippen MR) is 77.2 cm³/mol. The molecule has 1 N–H and O–H groups in total. The highest BCUT2D eigenvalue weighted by Gasteiger charge is 2.11. The van der Waals surface area contributed by atoms with Gasteiger partial charge in [0.15, 0.2) is 0 Å². The van der Waals surface area contributed by atoms with E-state index in [1.54, 1.807) is 0 Å². The highest BCUT2D eigenvalue weighted by molar-refractivity contribution is 9.10. The summed E-state index contributed by atoms with van der Waals surface area (Å²) in [6.07, 6.45) is 5.00. The van der Waals surface area contributed by atoms with Gasteiger partial charge in [-0.3, -0.25) is 4.68 Å². The molecule has 0 fully saturated rings. The van der Waals surface area contributed by atoms with Crippen LogP contribution in [0.25, 0.3) is 0 Å². The van der Waals surface area contributed by atoms with Crippen LogP contribution in [0.5, 0.6) is 0 Å². The lowest BCUT2D eigenvalue weighted by molar-refractivity contribution is 0.517. The van der Waals surface area contributed by atoms with Crippen molar-refractivity contribution in [2.45, 2.75) is 25.9 Å². The molecule has 18 heavy (non-hydrogen) atoms. The summed E-state index contributed by atoms with van der Waals surface area (Å²) in [6, 6.07) is 8.73. The van der Waals surface area contributed by atoms with Crippen molar-refractivity contribution in [2.24, 2.45) is 7.05 Å². The van der Waals surface area contributed by atoms with Crippen LogP contribution in [0.4, 0.5) is 0 Å². The average molecular weight is 308 g/mol. The Morgan fingerprint density at radius 2 is 2.17 bits per heavy atom. The van der Waals surface area contributed by atoms with E-state index in [2.05, 4.69) is 51.5 Å². The molecule has 96 valence electrons. The number of halogens is 1. The van der Waals surface area contributed by atoms with Crippen LogP contribution < -0.4 is 5.32 Å². The van der Waals surface area contributed by atoms with Crippen LogP contribution in [0.1, 0.15) is 30.5 Å². The van der Waals surface area contributed by atoms with Gasteiger partial charge in [0.2, 0.25) is 0 Å². The molecule has 0 spiro atoms. The number of nitrogens with zero attached hydrogens (tertiary/aromatic N) is 2. The van der Waals surface area contributed by atoms with Crippen molar-refractivity contribution in [3.63, 3.8) is 0 Å². The van der Waals surface area contributed by atoms with Gasteiger partial charge in [0.1, 0.15) is 0 Å². The van der Waals surface area contributed by atoms with Crippen LogP contribution in [0, 0.1) is 0 Å². The molecule has 0 amide bonds. The highest BCUT2D eigenvalue weighted by atomic mass is 79.9. The maximum atomic E-state index is 4.18. The van der Waals surface area contributed by atoms with Crippen molar-refractivity contribution in [3.8, 4) is 0 Å². The summed E-state index contributed by atoms with van der Waals surface area (Å²) < 4.78 is 2.99. The summed E-state index contributed by atoms with van der Waals surface area (Å²) in [5, 5.41) is 7.75. The number of hydrogen-bond donors (Lipinski definition) is 1. The second-order valence-electron chi connectivity index (χ2n) is 4.39. The van der Waals surface area contributed by atoms with Crippen molar-refractivity contribution in [1.82, 2.24) is 15.1 Å². The van der Waals surface area contributed by atoms with E-state index in [1.807, 2.05) is 30.2 Å². The minimum atomic E-state index is 0.362. The molecule has 3 nitrogen and oxygen atoms in total. The number of rotatable bonds is 5. The molecule has 0 saturated carbocycles. The standard InChI is InChI=1S/C14H18BrN3/c1-3-14(12-6-4-5-7-13(12)15)16-8-11-9-17-18(2)10-11/h4-7,9-10,14,16H,3,8H2,1-2H3/t14-/m0/s1. The molecule has 0 bridgehead atoms. The molecule has 0 radical (unpaired) electrons. The number of nitrogens with one attached hydrogen (secondary N) is 1. The predicted octanol–water partition coefficient (Wildman–Crippen LogP) is 3.42. The fraction of sp³-hybridized carbons (Fsp3) is 0.357. The third-order valence-electron chi connectivity index (χ3n) is 3.00. The largest absolute Gasteiger partial charge is 0.306 e. The molecular weight excluding hydrogens is 290 g/mol. The molecule has 1 atom stereocenters. The lowest BCUT2D eigenvalue weighted by atomic mass is 10.0. The lowest BCUT2D eigenvalue weighted by Crippen LogP contribution is -2.20. The number of benzene rings is 1. The summed E-state index contributed by atoms with van der Waals surface area (Å²) in [5.74, 6) is 0. The Kier molecular flexibility index (Phi) is 4.55. The molecule has 0 aliphatic carbocycles. The lowest BCUT2D eigenvalue weighted by Gasteiger charge is -2.18. The summed E-state index contributed by atoms with van der Waals surface area (Å²) in [7, 11) is 1.94. The van der Waals surface area contributed by atoms with E-state index in [0.717, 1.165) is 17.4 Å². The zero-order valence-corrected chi connectivity index (χ0v) is 12.3. The van der Waals surface area contributed by atoms with Crippen molar-refractivity contribution < 1.29 is 0 Å². The molecule has 4 heteroatoms. The molecule has 0 aliphatic rings. The fourth-order valence-corrected chi connectivity index (χ4v) is 2.60. The van der Waals surface area contributed by atoms with E-state index in [1.165, 1.54) is 11.1 Å². The molecular formula is C14H18BrN3.